The van der Waals surface area contributed by atoms with Gasteiger partial charge in [-0.3, -0.25) is 4.79 Å². The molecule has 1 fully saturated rings. The van der Waals surface area contributed by atoms with Gasteiger partial charge in [0.25, 0.3) is 0 Å². The summed E-state index contributed by atoms with van der Waals surface area (Å²) in [6, 6.07) is 0. The highest BCUT2D eigenvalue weighted by atomic mass is 19.4. The monoisotopic (exact) mass is 252 g/mol. The maximum atomic E-state index is 12.1. The van der Waals surface area contributed by atoms with Crippen molar-refractivity contribution >= 4 is 5.91 Å². The Morgan fingerprint density at radius 1 is 1.29 bits per heavy atom. The van der Waals surface area contributed by atoms with Gasteiger partial charge in [0.2, 0.25) is 5.91 Å². The first-order valence-corrected chi connectivity index (χ1v) is 5.85. The number of nitrogens with two attached hydrogens (primary N) is 1. The molecule has 6 heteroatoms. The lowest BCUT2D eigenvalue weighted by Gasteiger charge is -2.30. The van der Waals surface area contributed by atoms with E-state index in [1.54, 1.807) is 0 Å². The van der Waals surface area contributed by atoms with E-state index >= 15 is 0 Å². The number of carbonyl (C=O) groups is 1. The Hall–Kier alpha value is -0.780. The molecule has 0 saturated heterocycles. The fourth-order valence-corrected chi connectivity index (χ4v) is 2.30. The topological polar surface area (TPSA) is 46.3 Å². The Kier molecular flexibility index (Phi) is 4.80. The number of rotatable bonds is 3. The van der Waals surface area contributed by atoms with Gasteiger partial charge < -0.3 is 10.6 Å². The molecule has 1 aliphatic rings. The van der Waals surface area contributed by atoms with Crippen molar-refractivity contribution in [1.82, 2.24) is 4.90 Å². The van der Waals surface area contributed by atoms with E-state index in [4.69, 9.17) is 5.73 Å². The second-order valence-corrected chi connectivity index (χ2v) is 4.76. The van der Waals surface area contributed by atoms with Crippen molar-refractivity contribution in [3.8, 4) is 0 Å². The number of alkyl halides is 3. The summed E-state index contributed by atoms with van der Waals surface area (Å²) < 4.78 is 36.4. The Balaban J connectivity index is 2.43. The molecule has 1 rings (SSSR count). The molecule has 3 nitrogen and oxygen atoms in total. The first kappa shape index (κ1) is 14.3. The lowest BCUT2D eigenvalue weighted by Crippen LogP contribution is -2.40. The molecule has 0 spiro atoms. The van der Waals surface area contributed by atoms with E-state index in [-0.39, 0.29) is 5.92 Å². The summed E-state index contributed by atoms with van der Waals surface area (Å²) in [5, 5.41) is 0. The third-order valence-electron chi connectivity index (χ3n) is 3.32. The molecule has 0 aromatic carbocycles. The van der Waals surface area contributed by atoms with E-state index in [0.29, 0.717) is 25.3 Å². The highest BCUT2D eigenvalue weighted by Gasteiger charge is 2.34. The van der Waals surface area contributed by atoms with E-state index < -0.39 is 18.6 Å². The lowest BCUT2D eigenvalue weighted by molar-refractivity contribution is -0.161. The number of carbonyl (C=O) groups excluding carboxylic acids is 1. The Morgan fingerprint density at radius 2 is 1.82 bits per heavy atom. The van der Waals surface area contributed by atoms with Crippen molar-refractivity contribution in [3.63, 3.8) is 0 Å². The van der Waals surface area contributed by atoms with Crippen LogP contribution in [0.15, 0.2) is 0 Å². The van der Waals surface area contributed by atoms with Gasteiger partial charge >= 0.3 is 6.18 Å². The fraction of sp³-hybridized carbons (Fsp3) is 0.909. The van der Waals surface area contributed by atoms with Crippen LogP contribution in [0.5, 0.6) is 0 Å². The predicted octanol–water partition coefficient (Wildman–Crippen LogP) is 1.77. The second kappa shape index (κ2) is 5.71. The van der Waals surface area contributed by atoms with Gasteiger partial charge in [-0.05, 0) is 38.1 Å². The number of hydrogen-bond donors (Lipinski definition) is 1. The molecule has 0 aromatic heterocycles. The molecule has 17 heavy (non-hydrogen) atoms. The average molecular weight is 252 g/mol. The van der Waals surface area contributed by atoms with Gasteiger partial charge in [0, 0.05) is 13.0 Å². The molecule has 0 unspecified atom stereocenters. The first-order valence-electron chi connectivity index (χ1n) is 5.85. The zero-order valence-corrected chi connectivity index (χ0v) is 9.96. The summed E-state index contributed by atoms with van der Waals surface area (Å²) >= 11 is 0. The van der Waals surface area contributed by atoms with Gasteiger partial charge in [-0.25, -0.2) is 0 Å². The smallest absolute Gasteiger partial charge is 0.336 e. The summed E-state index contributed by atoms with van der Waals surface area (Å²) in [5.41, 5.74) is 5.52. The van der Waals surface area contributed by atoms with Gasteiger partial charge in [-0.1, -0.05) is 0 Å². The molecular weight excluding hydrogens is 233 g/mol. The summed E-state index contributed by atoms with van der Waals surface area (Å²) in [6.45, 7) is -0.568. The van der Waals surface area contributed by atoms with E-state index in [2.05, 4.69) is 0 Å². The quantitative estimate of drug-likeness (QED) is 0.832. The van der Waals surface area contributed by atoms with Crippen molar-refractivity contribution in [2.24, 2.45) is 17.6 Å². The van der Waals surface area contributed by atoms with Crippen molar-refractivity contribution in [2.75, 3.05) is 20.1 Å². The van der Waals surface area contributed by atoms with Crippen molar-refractivity contribution < 1.29 is 18.0 Å². The van der Waals surface area contributed by atoms with Crippen molar-refractivity contribution in [2.45, 2.75) is 31.9 Å². The predicted molar refractivity (Wildman–Crippen MR) is 58.2 cm³/mol. The van der Waals surface area contributed by atoms with Crippen LogP contribution in [-0.2, 0) is 4.79 Å². The molecule has 0 heterocycles. The molecule has 0 aliphatic heterocycles. The number of hydrogen-bond acceptors (Lipinski definition) is 2. The molecule has 0 aromatic rings. The Labute approximate surface area is 99.1 Å². The van der Waals surface area contributed by atoms with Crippen LogP contribution in [0.4, 0.5) is 13.2 Å². The zero-order chi connectivity index (χ0) is 13.1. The van der Waals surface area contributed by atoms with Crippen LogP contribution in [0.1, 0.15) is 25.7 Å². The molecule has 1 amide bonds. The van der Waals surface area contributed by atoms with Crippen molar-refractivity contribution in [3.05, 3.63) is 0 Å². The SMILES string of the molecule is CN(CC(F)(F)F)C(=O)C1CCC(CN)CC1. The summed E-state index contributed by atoms with van der Waals surface area (Å²) in [6.07, 6.45) is -1.33. The third kappa shape index (κ3) is 4.53. The zero-order valence-electron chi connectivity index (χ0n) is 9.96. The highest BCUT2D eigenvalue weighted by molar-refractivity contribution is 5.78. The standard InChI is InChI=1S/C11H19F3N2O/c1-16(7-11(12,13)14)10(17)9-4-2-8(6-15)3-5-9/h8-9H,2-7,15H2,1H3. The lowest BCUT2D eigenvalue weighted by atomic mass is 9.81. The van der Waals surface area contributed by atoms with Crippen LogP contribution < -0.4 is 5.73 Å². The summed E-state index contributed by atoms with van der Waals surface area (Å²) in [5.74, 6) is -0.227. The molecule has 2 N–H and O–H groups in total. The largest absolute Gasteiger partial charge is 0.406 e. The van der Waals surface area contributed by atoms with Crippen LogP contribution >= 0.6 is 0 Å². The summed E-state index contributed by atoms with van der Waals surface area (Å²) in [4.78, 5) is 12.6. The number of halogens is 3. The second-order valence-electron chi connectivity index (χ2n) is 4.76. The average Bonchev–Trinajstić information content (AvgIpc) is 2.26. The van der Waals surface area contributed by atoms with Gasteiger partial charge in [-0.15, -0.1) is 0 Å². The van der Waals surface area contributed by atoms with E-state index in [9.17, 15) is 18.0 Å². The van der Waals surface area contributed by atoms with Gasteiger partial charge in [0.05, 0.1) is 0 Å². The highest BCUT2D eigenvalue weighted by Crippen LogP contribution is 2.29. The Bertz CT molecular complexity index is 260. The van der Waals surface area contributed by atoms with E-state index in [1.807, 2.05) is 0 Å². The van der Waals surface area contributed by atoms with Crippen LogP contribution in [0.25, 0.3) is 0 Å². The van der Waals surface area contributed by atoms with Crippen LogP contribution in [0, 0.1) is 11.8 Å². The number of amides is 1. The van der Waals surface area contributed by atoms with Gasteiger partial charge in [-0.2, -0.15) is 13.2 Å². The van der Waals surface area contributed by atoms with E-state index in [1.165, 1.54) is 7.05 Å². The maximum absolute atomic E-state index is 12.1. The van der Waals surface area contributed by atoms with Gasteiger partial charge in [0.1, 0.15) is 6.54 Å². The van der Waals surface area contributed by atoms with Crippen LogP contribution in [0.2, 0.25) is 0 Å². The minimum absolute atomic E-state index is 0.259. The molecule has 100 valence electrons. The van der Waals surface area contributed by atoms with E-state index in [0.717, 1.165) is 17.7 Å². The summed E-state index contributed by atoms with van der Waals surface area (Å²) in [7, 11) is 1.21. The third-order valence-corrected chi connectivity index (χ3v) is 3.32. The number of nitrogens with zero attached hydrogens (tertiary/aromatic N) is 1. The van der Waals surface area contributed by atoms with Crippen molar-refractivity contribution in [1.29, 1.82) is 0 Å². The minimum atomic E-state index is -4.32. The molecule has 0 bridgehead atoms. The maximum Gasteiger partial charge on any atom is 0.406 e. The molecule has 1 aliphatic carbocycles. The molecular formula is C11H19F3N2O. The van der Waals surface area contributed by atoms with Gasteiger partial charge in [0.15, 0.2) is 0 Å². The van der Waals surface area contributed by atoms with Crippen LogP contribution in [0.3, 0.4) is 0 Å². The minimum Gasteiger partial charge on any atom is -0.336 e. The molecule has 1 saturated carbocycles. The van der Waals surface area contributed by atoms with Crippen LogP contribution in [-0.4, -0.2) is 37.1 Å². The Morgan fingerprint density at radius 3 is 2.24 bits per heavy atom. The fourth-order valence-electron chi connectivity index (χ4n) is 2.30. The molecule has 0 atom stereocenters. The normalized spacial score (nSPS) is 25.7. The molecule has 0 radical (unpaired) electrons. The first-order chi connectivity index (χ1) is 7.83.